The van der Waals surface area contributed by atoms with E-state index in [0.29, 0.717) is 19.1 Å². The SMILES string of the molecule is CCOC(=O)C1CC[NH+](CC(=O)N[C@H](CC(C)C)c2ccccc2)CC1. The second-order valence-corrected chi connectivity index (χ2v) is 7.61. The lowest BCUT2D eigenvalue weighted by molar-refractivity contribution is -0.897. The molecule has 1 aliphatic rings. The van der Waals surface area contributed by atoms with E-state index in [-0.39, 0.29) is 23.8 Å². The Labute approximate surface area is 157 Å². The lowest BCUT2D eigenvalue weighted by Crippen LogP contribution is -3.14. The van der Waals surface area contributed by atoms with Crippen LogP contribution in [0.5, 0.6) is 0 Å². The molecule has 1 amide bonds. The summed E-state index contributed by atoms with van der Waals surface area (Å²) in [5.74, 6) is 0.508. The number of hydrogen-bond donors (Lipinski definition) is 2. The Balaban J connectivity index is 1.84. The van der Waals surface area contributed by atoms with E-state index >= 15 is 0 Å². The number of amides is 1. The number of piperidine rings is 1. The molecule has 0 spiro atoms. The Morgan fingerprint density at radius 2 is 1.85 bits per heavy atom. The van der Waals surface area contributed by atoms with Crippen molar-refractivity contribution in [1.29, 1.82) is 0 Å². The zero-order valence-corrected chi connectivity index (χ0v) is 16.3. The predicted molar refractivity (Wildman–Crippen MR) is 102 cm³/mol. The van der Waals surface area contributed by atoms with Crippen molar-refractivity contribution in [3.63, 3.8) is 0 Å². The first kappa shape index (κ1) is 20.4. The van der Waals surface area contributed by atoms with Gasteiger partial charge in [-0.25, -0.2) is 0 Å². The molecular formula is C21H33N2O3+. The van der Waals surface area contributed by atoms with Crippen LogP contribution >= 0.6 is 0 Å². The zero-order chi connectivity index (χ0) is 18.9. The summed E-state index contributed by atoms with van der Waals surface area (Å²) in [7, 11) is 0. The first-order valence-corrected chi connectivity index (χ1v) is 9.84. The van der Waals surface area contributed by atoms with Gasteiger partial charge in [0.15, 0.2) is 6.54 Å². The Morgan fingerprint density at radius 1 is 1.19 bits per heavy atom. The minimum Gasteiger partial charge on any atom is -0.466 e. The van der Waals surface area contributed by atoms with Crippen LogP contribution in [-0.4, -0.2) is 38.1 Å². The van der Waals surface area contributed by atoms with E-state index in [1.54, 1.807) is 0 Å². The molecule has 1 aromatic carbocycles. The van der Waals surface area contributed by atoms with E-state index < -0.39 is 0 Å². The van der Waals surface area contributed by atoms with Crippen molar-refractivity contribution in [3.8, 4) is 0 Å². The van der Waals surface area contributed by atoms with Gasteiger partial charge in [0.25, 0.3) is 5.91 Å². The Kier molecular flexibility index (Phi) is 8.10. The van der Waals surface area contributed by atoms with Gasteiger partial charge in [0.1, 0.15) is 0 Å². The summed E-state index contributed by atoms with van der Waals surface area (Å²) >= 11 is 0. The molecule has 0 unspecified atom stereocenters. The third kappa shape index (κ3) is 6.45. The molecule has 0 radical (unpaired) electrons. The lowest BCUT2D eigenvalue weighted by atomic mass is 9.96. The van der Waals surface area contributed by atoms with Gasteiger partial charge in [-0.1, -0.05) is 44.2 Å². The van der Waals surface area contributed by atoms with Gasteiger partial charge >= 0.3 is 5.97 Å². The fraction of sp³-hybridized carbons (Fsp3) is 0.619. The molecule has 0 saturated carbocycles. The number of ether oxygens (including phenoxy) is 1. The van der Waals surface area contributed by atoms with Crippen molar-refractivity contribution in [2.75, 3.05) is 26.2 Å². The molecule has 1 saturated heterocycles. The molecule has 26 heavy (non-hydrogen) atoms. The van der Waals surface area contributed by atoms with Gasteiger partial charge in [-0.05, 0) is 24.8 Å². The van der Waals surface area contributed by atoms with Gasteiger partial charge in [0.05, 0.1) is 31.7 Å². The first-order valence-electron chi connectivity index (χ1n) is 9.84. The highest BCUT2D eigenvalue weighted by molar-refractivity contribution is 5.77. The highest BCUT2D eigenvalue weighted by Gasteiger charge is 2.29. The average molecular weight is 362 g/mol. The van der Waals surface area contributed by atoms with E-state index in [9.17, 15) is 9.59 Å². The number of likely N-dealkylation sites (tertiary alicyclic amines) is 1. The van der Waals surface area contributed by atoms with Gasteiger partial charge in [0.2, 0.25) is 0 Å². The number of nitrogens with one attached hydrogen (secondary N) is 2. The molecule has 2 N–H and O–H groups in total. The van der Waals surface area contributed by atoms with Crippen LogP contribution < -0.4 is 10.2 Å². The van der Waals surface area contributed by atoms with Crippen molar-refractivity contribution >= 4 is 11.9 Å². The minimum absolute atomic E-state index is 0.000213. The van der Waals surface area contributed by atoms with Gasteiger partial charge in [-0.3, -0.25) is 9.59 Å². The lowest BCUT2D eigenvalue weighted by Gasteiger charge is -2.28. The standard InChI is InChI=1S/C21H32N2O3/c1-4-26-21(25)18-10-12-23(13-11-18)15-20(24)22-19(14-16(2)3)17-8-6-5-7-9-17/h5-9,16,18-19H,4,10-15H2,1-3H3,(H,22,24)/p+1/t19-/m1/s1. The second kappa shape index (κ2) is 10.3. The largest absolute Gasteiger partial charge is 0.466 e. The van der Waals surface area contributed by atoms with E-state index in [1.165, 1.54) is 4.90 Å². The quantitative estimate of drug-likeness (QED) is 0.694. The third-order valence-electron chi connectivity index (χ3n) is 4.97. The first-order chi connectivity index (χ1) is 12.5. The monoisotopic (exact) mass is 361 g/mol. The fourth-order valence-corrected chi connectivity index (χ4v) is 3.61. The number of hydrogen-bond acceptors (Lipinski definition) is 3. The summed E-state index contributed by atoms with van der Waals surface area (Å²) in [4.78, 5) is 25.6. The molecule has 2 rings (SSSR count). The summed E-state index contributed by atoms with van der Waals surface area (Å²) in [6.07, 6.45) is 2.53. The number of carbonyl (C=O) groups is 2. The van der Waals surface area contributed by atoms with Crippen molar-refractivity contribution < 1.29 is 19.2 Å². The number of carbonyl (C=O) groups excluding carboxylic acids is 2. The van der Waals surface area contributed by atoms with Crippen LogP contribution in [0.25, 0.3) is 0 Å². The van der Waals surface area contributed by atoms with Crippen LogP contribution in [-0.2, 0) is 14.3 Å². The second-order valence-electron chi connectivity index (χ2n) is 7.61. The maximum absolute atomic E-state index is 12.6. The van der Waals surface area contributed by atoms with Crippen molar-refractivity contribution in [2.45, 2.75) is 46.1 Å². The minimum atomic E-state index is -0.0860. The Bertz CT molecular complexity index is 566. The Hall–Kier alpha value is -1.88. The van der Waals surface area contributed by atoms with Crippen LogP contribution in [0.3, 0.4) is 0 Å². The molecule has 1 fully saturated rings. The van der Waals surface area contributed by atoms with E-state index in [0.717, 1.165) is 37.9 Å². The number of esters is 1. The summed E-state index contributed by atoms with van der Waals surface area (Å²) in [6, 6.07) is 10.2. The van der Waals surface area contributed by atoms with Gasteiger partial charge in [-0.2, -0.15) is 0 Å². The van der Waals surface area contributed by atoms with Crippen molar-refractivity contribution in [3.05, 3.63) is 35.9 Å². The molecule has 0 aromatic heterocycles. The van der Waals surface area contributed by atoms with Crippen LogP contribution in [0.4, 0.5) is 0 Å². The Morgan fingerprint density at radius 3 is 2.42 bits per heavy atom. The fourth-order valence-electron chi connectivity index (χ4n) is 3.61. The molecule has 5 heteroatoms. The predicted octanol–water partition coefficient (Wildman–Crippen LogP) is 1.75. The van der Waals surface area contributed by atoms with E-state index in [1.807, 2.05) is 25.1 Å². The highest BCUT2D eigenvalue weighted by atomic mass is 16.5. The maximum atomic E-state index is 12.6. The maximum Gasteiger partial charge on any atom is 0.309 e. The van der Waals surface area contributed by atoms with Crippen LogP contribution in [0, 0.1) is 11.8 Å². The summed E-state index contributed by atoms with van der Waals surface area (Å²) in [5, 5.41) is 3.21. The molecule has 0 bridgehead atoms. The molecule has 1 aliphatic heterocycles. The normalized spacial score (nSPS) is 21.2. The van der Waals surface area contributed by atoms with E-state index in [4.69, 9.17) is 4.74 Å². The van der Waals surface area contributed by atoms with Crippen molar-refractivity contribution in [2.24, 2.45) is 11.8 Å². The molecule has 5 nitrogen and oxygen atoms in total. The number of quaternary nitrogens is 1. The van der Waals surface area contributed by atoms with Crippen molar-refractivity contribution in [1.82, 2.24) is 5.32 Å². The molecule has 1 atom stereocenters. The van der Waals surface area contributed by atoms with Gasteiger partial charge in [0, 0.05) is 12.8 Å². The van der Waals surface area contributed by atoms with Crippen LogP contribution in [0.2, 0.25) is 0 Å². The molecule has 0 aliphatic carbocycles. The molecule has 1 heterocycles. The zero-order valence-electron chi connectivity index (χ0n) is 16.3. The average Bonchev–Trinajstić information content (AvgIpc) is 2.62. The summed E-state index contributed by atoms with van der Waals surface area (Å²) < 4.78 is 5.11. The number of rotatable bonds is 8. The molecular weight excluding hydrogens is 328 g/mol. The topological polar surface area (TPSA) is 59.8 Å². The van der Waals surface area contributed by atoms with Gasteiger partial charge in [-0.15, -0.1) is 0 Å². The smallest absolute Gasteiger partial charge is 0.309 e. The summed E-state index contributed by atoms with van der Waals surface area (Å²) in [5.41, 5.74) is 1.16. The highest BCUT2D eigenvalue weighted by Crippen LogP contribution is 2.20. The van der Waals surface area contributed by atoms with Crippen LogP contribution in [0.15, 0.2) is 30.3 Å². The molecule has 144 valence electrons. The van der Waals surface area contributed by atoms with Gasteiger partial charge < -0.3 is 15.0 Å². The summed E-state index contributed by atoms with van der Waals surface area (Å²) in [6.45, 7) is 8.78. The van der Waals surface area contributed by atoms with E-state index in [2.05, 4.69) is 31.3 Å². The molecule has 1 aromatic rings. The third-order valence-corrected chi connectivity index (χ3v) is 4.97. The van der Waals surface area contributed by atoms with Crippen LogP contribution in [0.1, 0.15) is 51.6 Å². The number of benzene rings is 1.